The van der Waals surface area contributed by atoms with Crippen LogP contribution in [0.15, 0.2) is 29.8 Å². The number of thioether (sulfide) groups is 1. The summed E-state index contributed by atoms with van der Waals surface area (Å²) >= 11 is 1.75. The molecule has 0 aliphatic carbocycles. The van der Waals surface area contributed by atoms with Gasteiger partial charge in [-0.25, -0.2) is 9.18 Å². The SMILES string of the molecule is CCOC(=O)C1=C(c2ccc(F)cc2)CSC1C(C)C. The number of carbonyl (C=O) groups excluding carboxylic acids is 1. The molecule has 0 radical (unpaired) electrons. The van der Waals surface area contributed by atoms with E-state index in [1.165, 1.54) is 12.1 Å². The van der Waals surface area contributed by atoms with Crippen molar-refractivity contribution in [3.63, 3.8) is 0 Å². The third-order valence-electron chi connectivity index (χ3n) is 3.31. The Bertz CT molecular complexity index is 520. The monoisotopic (exact) mass is 294 g/mol. The largest absolute Gasteiger partial charge is 0.463 e. The molecule has 1 aliphatic rings. The summed E-state index contributed by atoms with van der Waals surface area (Å²) in [6.07, 6.45) is 0. The van der Waals surface area contributed by atoms with Crippen LogP contribution in [0.1, 0.15) is 26.3 Å². The van der Waals surface area contributed by atoms with E-state index in [9.17, 15) is 9.18 Å². The summed E-state index contributed by atoms with van der Waals surface area (Å²) in [5, 5.41) is 0.147. The Labute approximate surface area is 123 Å². The van der Waals surface area contributed by atoms with E-state index in [4.69, 9.17) is 4.74 Å². The highest BCUT2D eigenvalue weighted by Crippen LogP contribution is 2.41. The van der Waals surface area contributed by atoms with E-state index < -0.39 is 0 Å². The Morgan fingerprint density at radius 2 is 2.05 bits per heavy atom. The molecule has 1 unspecified atom stereocenters. The van der Waals surface area contributed by atoms with Crippen LogP contribution in [-0.2, 0) is 9.53 Å². The number of carbonyl (C=O) groups is 1. The molecule has 20 heavy (non-hydrogen) atoms. The minimum atomic E-state index is -0.266. The number of ether oxygens (including phenoxy) is 1. The van der Waals surface area contributed by atoms with Gasteiger partial charge < -0.3 is 4.74 Å². The molecule has 1 heterocycles. The quantitative estimate of drug-likeness (QED) is 0.787. The highest BCUT2D eigenvalue weighted by molar-refractivity contribution is 8.00. The van der Waals surface area contributed by atoms with Crippen molar-refractivity contribution < 1.29 is 13.9 Å². The van der Waals surface area contributed by atoms with E-state index in [1.807, 2.05) is 6.92 Å². The predicted octanol–water partition coefficient (Wildman–Crippen LogP) is 3.91. The molecule has 0 fully saturated rings. The lowest BCUT2D eigenvalue weighted by atomic mass is 9.94. The first-order valence-electron chi connectivity index (χ1n) is 6.82. The summed E-state index contributed by atoms with van der Waals surface area (Å²) < 4.78 is 18.2. The molecule has 2 nitrogen and oxygen atoms in total. The average molecular weight is 294 g/mol. The molecule has 1 atom stereocenters. The molecule has 0 aromatic heterocycles. The number of halogens is 1. The molecule has 108 valence electrons. The van der Waals surface area contributed by atoms with E-state index in [0.29, 0.717) is 12.5 Å². The van der Waals surface area contributed by atoms with Gasteiger partial charge in [-0.05, 0) is 36.1 Å². The third-order valence-corrected chi connectivity index (χ3v) is 4.90. The second-order valence-electron chi connectivity index (χ2n) is 5.10. The summed E-state index contributed by atoms with van der Waals surface area (Å²) in [5.41, 5.74) is 2.63. The Hall–Kier alpha value is -1.29. The first-order chi connectivity index (χ1) is 9.54. The van der Waals surface area contributed by atoms with Gasteiger partial charge in [0.2, 0.25) is 0 Å². The van der Waals surface area contributed by atoms with Gasteiger partial charge in [0, 0.05) is 11.0 Å². The fourth-order valence-corrected chi connectivity index (χ4v) is 3.83. The predicted molar refractivity (Wildman–Crippen MR) is 81.0 cm³/mol. The first kappa shape index (κ1) is 15.1. The van der Waals surface area contributed by atoms with Crippen LogP contribution in [0, 0.1) is 11.7 Å². The zero-order valence-electron chi connectivity index (χ0n) is 12.0. The lowest BCUT2D eigenvalue weighted by Crippen LogP contribution is -2.20. The van der Waals surface area contributed by atoms with E-state index in [0.717, 1.165) is 22.5 Å². The molecular formula is C16H19FO2S. The van der Waals surface area contributed by atoms with Gasteiger partial charge in [-0.1, -0.05) is 26.0 Å². The molecule has 0 bridgehead atoms. The van der Waals surface area contributed by atoms with E-state index in [1.54, 1.807) is 23.9 Å². The van der Waals surface area contributed by atoms with Crippen molar-refractivity contribution in [2.75, 3.05) is 12.4 Å². The van der Waals surface area contributed by atoms with E-state index >= 15 is 0 Å². The molecule has 0 saturated carbocycles. The summed E-state index contributed by atoms with van der Waals surface area (Å²) in [7, 11) is 0. The van der Waals surface area contributed by atoms with Gasteiger partial charge in [0.25, 0.3) is 0 Å². The van der Waals surface area contributed by atoms with Gasteiger partial charge in [-0.2, -0.15) is 0 Å². The number of hydrogen-bond donors (Lipinski definition) is 0. The lowest BCUT2D eigenvalue weighted by molar-refractivity contribution is -0.138. The van der Waals surface area contributed by atoms with Crippen molar-refractivity contribution in [3.05, 3.63) is 41.2 Å². The van der Waals surface area contributed by atoms with Crippen LogP contribution >= 0.6 is 11.8 Å². The number of hydrogen-bond acceptors (Lipinski definition) is 3. The van der Waals surface area contributed by atoms with Gasteiger partial charge >= 0.3 is 5.97 Å². The van der Waals surface area contributed by atoms with Crippen LogP contribution in [-0.4, -0.2) is 23.6 Å². The second-order valence-corrected chi connectivity index (χ2v) is 6.23. The van der Waals surface area contributed by atoms with Crippen LogP contribution in [0.5, 0.6) is 0 Å². The van der Waals surface area contributed by atoms with Crippen LogP contribution in [0.25, 0.3) is 5.57 Å². The molecule has 0 saturated heterocycles. The molecule has 0 spiro atoms. The van der Waals surface area contributed by atoms with Crippen molar-refractivity contribution in [1.82, 2.24) is 0 Å². The fraction of sp³-hybridized carbons (Fsp3) is 0.438. The minimum Gasteiger partial charge on any atom is -0.463 e. The minimum absolute atomic E-state index is 0.147. The third kappa shape index (κ3) is 3.06. The second kappa shape index (κ2) is 6.44. The topological polar surface area (TPSA) is 26.3 Å². The molecular weight excluding hydrogens is 275 g/mol. The molecule has 4 heteroatoms. The van der Waals surface area contributed by atoms with Crippen molar-refractivity contribution >= 4 is 23.3 Å². The van der Waals surface area contributed by atoms with Crippen LogP contribution in [0.2, 0.25) is 0 Å². The fourth-order valence-electron chi connectivity index (χ4n) is 2.37. The van der Waals surface area contributed by atoms with Crippen LogP contribution in [0.4, 0.5) is 4.39 Å². The van der Waals surface area contributed by atoms with E-state index in [2.05, 4.69) is 13.8 Å². The van der Waals surface area contributed by atoms with Crippen LogP contribution in [0.3, 0.4) is 0 Å². The molecule has 0 N–H and O–H groups in total. The van der Waals surface area contributed by atoms with Crippen molar-refractivity contribution in [1.29, 1.82) is 0 Å². The standard InChI is InChI=1S/C16H19FO2S/c1-4-19-16(18)14-13(9-20-15(14)10(2)3)11-5-7-12(17)8-6-11/h5-8,10,15H,4,9H2,1-3H3. The smallest absolute Gasteiger partial charge is 0.335 e. The van der Waals surface area contributed by atoms with Gasteiger partial charge in [0.15, 0.2) is 0 Å². The summed E-state index contributed by atoms with van der Waals surface area (Å²) in [4.78, 5) is 12.2. The van der Waals surface area contributed by atoms with Gasteiger partial charge in [0.05, 0.1) is 12.2 Å². The van der Waals surface area contributed by atoms with Crippen molar-refractivity contribution in [2.45, 2.75) is 26.0 Å². The zero-order valence-corrected chi connectivity index (χ0v) is 12.8. The maximum Gasteiger partial charge on any atom is 0.335 e. The lowest BCUT2D eigenvalue weighted by Gasteiger charge is -2.17. The highest BCUT2D eigenvalue weighted by atomic mass is 32.2. The normalized spacial score (nSPS) is 18.8. The molecule has 1 aliphatic heterocycles. The summed E-state index contributed by atoms with van der Waals surface area (Å²) in [6, 6.07) is 6.32. The number of esters is 1. The number of benzene rings is 1. The Morgan fingerprint density at radius 3 is 2.60 bits per heavy atom. The first-order valence-corrected chi connectivity index (χ1v) is 7.87. The summed E-state index contributed by atoms with van der Waals surface area (Å²) in [5.74, 6) is 0.619. The average Bonchev–Trinajstić information content (AvgIpc) is 2.84. The van der Waals surface area contributed by atoms with Crippen molar-refractivity contribution in [3.8, 4) is 0 Å². The van der Waals surface area contributed by atoms with Crippen LogP contribution < -0.4 is 0 Å². The maximum atomic E-state index is 13.0. The number of rotatable bonds is 4. The van der Waals surface area contributed by atoms with Gasteiger partial charge in [0.1, 0.15) is 5.82 Å². The maximum absolute atomic E-state index is 13.0. The Balaban J connectivity index is 2.43. The Morgan fingerprint density at radius 1 is 1.40 bits per heavy atom. The highest BCUT2D eigenvalue weighted by Gasteiger charge is 2.34. The zero-order chi connectivity index (χ0) is 14.7. The molecule has 1 aromatic carbocycles. The molecule has 2 rings (SSSR count). The summed E-state index contributed by atoms with van der Waals surface area (Å²) in [6.45, 7) is 6.38. The molecule has 1 aromatic rings. The molecule has 0 amide bonds. The Kier molecular flexibility index (Phi) is 4.86. The van der Waals surface area contributed by atoms with Gasteiger partial charge in [-0.3, -0.25) is 0 Å². The van der Waals surface area contributed by atoms with Crippen molar-refractivity contribution in [2.24, 2.45) is 5.92 Å². The van der Waals surface area contributed by atoms with Gasteiger partial charge in [-0.15, -0.1) is 11.8 Å². The van der Waals surface area contributed by atoms with E-state index in [-0.39, 0.29) is 17.0 Å².